The van der Waals surface area contributed by atoms with Crippen molar-refractivity contribution in [2.75, 3.05) is 18.4 Å². The summed E-state index contributed by atoms with van der Waals surface area (Å²) in [5, 5.41) is 12.7. The molecule has 1 aromatic carbocycles. The molecule has 0 aromatic heterocycles. The van der Waals surface area contributed by atoms with E-state index in [2.05, 4.69) is 5.32 Å². The molecule has 2 N–H and O–H groups in total. The number of carbonyl (C=O) groups is 1. The molecule has 0 radical (unpaired) electrons. The summed E-state index contributed by atoms with van der Waals surface area (Å²) in [5.74, 6) is 0. The summed E-state index contributed by atoms with van der Waals surface area (Å²) in [6, 6.07) is 9.32. The van der Waals surface area contributed by atoms with E-state index in [0.29, 0.717) is 19.5 Å². The van der Waals surface area contributed by atoms with E-state index in [-0.39, 0.29) is 17.6 Å². The average Bonchev–Trinajstić information content (AvgIpc) is 2.34. The van der Waals surface area contributed by atoms with Crippen LogP contribution < -0.4 is 5.32 Å². The molecule has 0 aliphatic carbocycles. The molecule has 1 aromatic rings. The van der Waals surface area contributed by atoms with Crippen LogP contribution in [0, 0.1) is 5.41 Å². The fourth-order valence-electron chi connectivity index (χ4n) is 2.24. The predicted molar refractivity (Wildman–Crippen MR) is 71.4 cm³/mol. The lowest BCUT2D eigenvalue weighted by atomic mass is 9.81. The Morgan fingerprint density at radius 1 is 1.39 bits per heavy atom. The molecule has 4 heteroatoms. The summed E-state index contributed by atoms with van der Waals surface area (Å²) in [6.45, 7) is 5.15. The lowest BCUT2D eigenvalue weighted by molar-refractivity contribution is -0.00966. The zero-order valence-electron chi connectivity index (χ0n) is 10.9. The van der Waals surface area contributed by atoms with Gasteiger partial charge in [0, 0.05) is 24.2 Å². The summed E-state index contributed by atoms with van der Waals surface area (Å²) < 4.78 is 0. The molecule has 1 unspecified atom stereocenters. The van der Waals surface area contributed by atoms with Crippen molar-refractivity contribution in [3.8, 4) is 0 Å². The number of hydrogen-bond acceptors (Lipinski definition) is 2. The second kappa shape index (κ2) is 4.98. The number of hydrogen-bond donors (Lipinski definition) is 2. The molecule has 2 rings (SSSR count). The first kappa shape index (κ1) is 12.9. The van der Waals surface area contributed by atoms with Gasteiger partial charge in [0.25, 0.3) is 0 Å². The predicted octanol–water partition coefficient (Wildman–Crippen LogP) is 2.31. The van der Waals surface area contributed by atoms with Crippen LogP contribution in [-0.4, -0.2) is 35.2 Å². The first-order chi connectivity index (χ1) is 8.49. The summed E-state index contributed by atoms with van der Waals surface area (Å²) in [6.07, 6.45) is 0.299. The number of aliphatic hydroxyl groups is 1. The number of urea groups is 1. The van der Waals surface area contributed by atoms with Gasteiger partial charge in [0.05, 0.1) is 6.10 Å². The molecule has 1 aliphatic rings. The zero-order valence-corrected chi connectivity index (χ0v) is 10.9. The van der Waals surface area contributed by atoms with Crippen molar-refractivity contribution in [1.29, 1.82) is 0 Å². The Kier molecular flexibility index (Phi) is 3.57. The zero-order chi connectivity index (χ0) is 13.2. The molecule has 18 heavy (non-hydrogen) atoms. The first-order valence-corrected chi connectivity index (χ1v) is 6.28. The monoisotopic (exact) mass is 248 g/mol. The number of carbonyl (C=O) groups excluding carboxylic acids is 1. The summed E-state index contributed by atoms with van der Waals surface area (Å²) in [5.41, 5.74) is 0.554. The third-order valence-corrected chi connectivity index (χ3v) is 3.49. The third kappa shape index (κ3) is 2.82. The van der Waals surface area contributed by atoms with Crippen LogP contribution in [0.4, 0.5) is 10.5 Å². The van der Waals surface area contributed by atoms with Crippen molar-refractivity contribution in [3.63, 3.8) is 0 Å². The highest BCUT2D eigenvalue weighted by Gasteiger charge is 2.36. The number of benzene rings is 1. The summed E-state index contributed by atoms with van der Waals surface area (Å²) >= 11 is 0. The Morgan fingerprint density at radius 2 is 2.06 bits per heavy atom. The summed E-state index contributed by atoms with van der Waals surface area (Å²) in [4.78, 5) is 13.9. The van der Waals surface area contributed by atoms with Crippen molar-refractivity contribution >= 4 is 11.7 Å². The fraction of sp³-hybridized carbons (Fsp3) is 0.500. The van der Waals surface area contributed by atoms with Gasteiger partial charge in [-0.25, -0.2) is 4.79 Å². The number of piperidine rings is 1. The van der Waals surface area contributed by atoms with E-state index in [9.17, 15) is 9.90 Å². The van der Waals surface area contributed by atoms with Gasteiger partial charge in [0.1, 0.15) is 0 Å². The normalized spacial score (nSPS) is 22.6. The number of aliphatic hydroxyl groups excluding tert-OH is 1. The minimum absolute atomic E-state index is 0.0961. The molecule has 4 nitrogen and oxygen atoms in total. The highest BCUT2D eigenvalue weighted by atomic mass is 16.3. The topological polar surface area (TPSA) is 52.6 Å². The molecular weight excluding hydrogens is 228 g/mol. The van der Waals surface area contributed by atoms with Crippen molar-refractivity contribution in [1.82, 2.24) is 4.90 Å². The first-order valence-electron chi connectivity index (χ1n) is 6.28. The molecule has 0 spiro atoms. The Bertz CT molecular complexity index is 417. The second-order valence-corrected chi connectivity index (χ2v) is 5.51. The molecule has 0 bridgehead atoms. The number of nitrogens with one attached hydrogen (secondary N) is 1. The van der Waals surface area contributed by atoms with Crippen LogP contribution in [0.3, 0.4) is 0 Å². The quantitative estimate of drug-likeness (QED) is 0.801. The van der Waals surface area contributed by atoms with Crippen LogP contribution in [0.2, 0.25) is 0 Å². The van der Waals surface area contributed by atoms with Crippen LogP contribution in [0.25, 0.3) is 0 Å². The third-order valence-electron chi connectivity index (χ3n) is 3.49. The molecule has 98 valence electrons. The molecule has 1 fully saturated rings. The molecule has 0 saturated carbocycles. The van der Waals surface area contributed by atoms with Gasteiger partial charge in [-0.2, -0.15) is 0 Å². The van der Waals surface area contributed by atoms with Gasteiger partial charge in [-0.3, -0.25) is 0 Å². The van der Waals surface area contributed by atoms with E-state index < -0.39 is 0 Å². The van der Waals surface area contributed by atoms with Gasteiger partial charge in [-0.15, -0.1) is 0 Å². The highest BCUT2D eigenvalue weighted by molar-refractivity contribution is 5.89. The number of rotatable bonds is 1. The van der Waals surface area contributed by atoms with Gasteiger partial charge in [0.15, 0.2) is 0 Å². The van der Waals surface area contributed by atoms with E-state index in [0.717, 1.165) is 5.69 Å². The second-order valence-electron chi connectivity index (χ2n) is 5.51. The molecule has 2 amide bonds. The molecule has 1 aliphatic heterocycles. The number of para-hydroxylation sites is 1. The van der Waals surface area contributed by atoms with Gasteiger partial charge < -0.3 is 15.3 Å². The minimum Gasteiger partial charge on any atom is -0.392 e. The minimum atomic E-state index is -0.335. The van der Waals surface area contributed by atoms with Crippen LogP contribution in [0.5, 0.6) is 0 Å². The highest BCUT2D eigenvalue weighted by Crippen LogP contribution is 2.29. The van der Waals surface area contributed by atoms with Crippen molar-refractivity contribution < 1.29 is 9.90 Å². The van der Waals surface area contributed by atoms with E-state index in [1.165, 1.54) is 0 Å². The summed E-state index contributed by atoms with van der Waals surface area (Å²) in [7, 11) is 0. The van der Waals surface area contributed by atoms with Gasteiger partial charge in [-0.05, 0) is 18.6 Å². The van der Waals surface area contributed by atoms with Crippen molar-refractivity contribution in [2.24, 2.45) is 5.41 Å². The number of nitrogens with zero attached hydrogens (tertiary/aromatic N) is 1. The van der Waals surface area contributed by atoms with Crippen molar-refractivity contribution in [2.45, 2.75) is 26.4 Å². The van der Waals surface area contributed by atoms with E-state index in [4.69, 9.17) is 0 Å². The Hall–Kier alpha value is -1.55. The van der Waals surface area contributed by atoms with E-state index in [1.54, 1.807) is 4.90 Å². The lowest BCUT2D eigenvalue weighted by Crippen LogP contribution is -2.51. The number of anilines is 1. The van der Waals surface area contributed by atoms with Crippen LogP contribution in [0.15, 0.2) is 30.3 Å². The molecular formula is C14H20N2O2. The maximum atomic E-state index is 12.1. The molecule has 1 saturated heterocycles. The standard InChI is InChI=1S/C14H20N2O2/c1-14(2)10-16(9-8-12(14)17)13(18)15-11-6-4-3-5-7-11/h3-7,12,17H,8-10H2,1-2H3,(H,15,18). The number of amides is 2. The largest absolute Gasteiger partial charge is 0.392 e. The smallest absolute Gasteiger partial charge is 0.321 e. The Labute approximate surface area is 108 Å². The van der Waals surface area contributed by atoms with Crippen LogP contribution >= 0.6 is 0 Å². The lowest BCUT2D eigenvalue weighted by Gasteiger charge is -2.41. The van der Waals surface area contributed by atoms with Gasteiger partial charge >= 0.3 is 6.03 Å². The molecule has 1 heterocycles. The van der Waals surface area contributed by atoms with Crippen LogP contribution in [-0.2, 0) is 0 Å². The maximum Gasteiger partial charge on any atom is 0.321 e. The fourth-order valence-corrected chi connectivity index (χ4v) is 2.24. The number of likely N-dealkylation sites (tertiary alicyclic amines) is 1. The maximum absolute atomic E-state index is 12.1. The van der Waals surface area contributed by atoms with E-state index in [1.807, 2.05) is 44.2 Å². The van der Waals surface area contributed by atoms with Gasteiger partial charge in [0.2, 0.25) is 0 Å². The Morgan fingerprint density at radius 3 is 2.67 bits per heavy atom. The van der Waals surface area contributed by atoms with Gasteiger partial charge in [-0.1, -0.05) is 32.0 Å². The molecule has 1 atom stereocenters. The van der Waals surface area contributed by atoms with Crippen LogP contribution in [0.1, 0.15) is 20.3 Å². The average molecular weight is 248 g/mol. The van der Waals surface area contributed by atoms with E-state index >= 15 is 0 Å². The van der Waals surface area contributed by atoms with Crippen molar-refractivity contribution in [3.05, 3.63) is 30.3 Å². The SMILES string of the molecule is CC1(C)CN(C(=O)Nc2ccccc2)CCC1O. The Balaban J connectivity index is 1.98.